The highest BCUT2D eigenvalue weighted by Gasteiger charge is 2.41. The van der Waals surface area contributed by atoms with Crippen molar-refractivity contribution in [1.29, 1.82) is 0 Å². The Labute approximate surface area is 119 Å². The van der Waals surface area contributed by atoms with E-state index in [0.717, 1.165) is 15.2 Å². The largest absolute Gasteiger partial charge is 0.481 e. The first kappa shape index (κ1) is 13.1. The van der Waals surface area contributed by atoms with Gasteiger partial charge in [0.2, 0.25) is 5.91 Å². The van der Waals surface area contributed by atoms with Crippen LogP contribution in [0.15, 0.2) is 18.2 Å². The second-order valence-corrected chi connectivity index (χ2v) is 6.27. The maximum Gasteiger partial charge on any atom is 0.307 e. The molecule has 2 unspecified atom stereocenters. The highest BCUT2D eigenvalue weighted by Crippen LogP contribution is 2.35. The van der Waals surface area contributed by atoms with Crippen molar-refractivity contribution in [3.8, 4) is 0 Å². The van der Waals surface area contributed by atoms with Crippen LogP contribution in [0.25, 0.3) is 10.2 Å². The molecule has 1 saturated carbocycles. The molecule has 0 bridgehead atoms. The lowest BCUT2D eigenvalue weighted by atomic mass is 9.73. The Morgan fingerprint density at radius 1 is 1.35 bits per heavy atom. The summed E-state index contributed by atoms with van der Waals surface area (Å²) < 4.78 is 1.02. The minimum absolute atomic E-state index is 0.204. The average molecular weight is 290 g/mol. The van der Waals surface area contributed by atoms with Gasteiger partial charge < -0.3 is 10.4 Å². The number of rotatable bonds is 3. The Hall–Kier alpha value is -1.95. The maximum atomic E-state index is 12.1. The summed E-state index contributed by atoms with van der Waals surface area (Å²) in [5.74, 6) is -2.04. The molecule has 2 aromatic rings. The zero-order valence-corrected chi connectivity index (χ0v) is 11.7. The van der Waals surface area contributed by atoms with E-state index in [1.165, 1.54) is 0 Å². The third kappa shape index (κ3) is 2.27. The van der Waals surface area contributed by atoms with Gasteiger partial charge in [-0.3, -0.25) is 9.59 Å². The number of carbonyl (C=O) groups is 2. The molecule has 1 heterocycles. The Morgan fingerprint density at radius 3 is 2.75 bits per heavy atom. The normalized spacial score (nSPS) is 21.4. The van der Waals surface area contributed by atoms with E-state index < -0.39 is 17.8 Å². The smallest absolute Gasteiger partial charge is 0.307 e. The van der Waals surface area contributed by atoms with E-state index in [2.05, 4.69) is 10.3 Å². The number of carbonyl (C=O) groups excluding carboxylic acids is 1. The number of aryl methyl sites for hydroxylation is 1. The van der Waals surface area contributed by atoms with Gasteiger partial charge in [0.1, 0.15) is 0 Å². The molecule has 1 aliphatic rings. The second kappa shape index (κ2) is 4.86. The molecule has 5 nitrogen and oxygen atoms in total. The SMILES string of the molecule is Cc1nc2ccc(NC(=O)C3CCC3C(=O)O)cc2s1. The molecular weight excluding hydrogens is 276 g/mol. The molecule has 20 heavy (non-hydrogen) atoms. The van der Waals surface area contributed by atoms with Crippen LogP contribution < -0.4 is 5.32 Å². The summed E-state index contributed by atoms with van der Waals surface area (Å²) in [6, 6.07) is 5.55. The highest BCUT2D eigenvalue weighted by molar-refractivity contribution is 7.18. The van der Waals surface area contributed by atoms with Gasteiger partial charge in [0, 0.05) is 5.69 Å². The first-order valence-corrected chi connectivity index (χ1v) is 7.27. The summed E-state index contributed by atoms with van der Waals surface area (Å²) in [5.41, 5.74) is 1.61. The molecule has 1 aromatic heterocycles. The number of carboxylic acids is 1. The van der Waals surface area contributed by atoms with Gasteiger partial charge >= 0.3 is 5.97 Å². The fourth-order valence-corrected chi connectivity index (χ4v) is 3.33. The predicted octanol–water partition coefficient (Wildman–Crippen LogP) is 2.65. The number of benzene rings is 1. The number of nitrogens with one attached hydrogen (secondary N) is 1. The van der Waals surface area contributed by atoms with Crippen LogP contribution in [0.1, 0.15) is 17.8 Å². The third-order valence-corrected chi connectivity index (χ3v) is 4.62. The van der Waals surface area contributed by atoms with Crippen LogP contribution in [0.3, 0.4) is 0 Å². The van der Waals surface area contributed by atoms with Gasteiger partial charge in [-0.05, 0) is 38.0 Å². The zero-order valence-electron chi connectivity index (χ0n) is 10.9. The van der Waals surface area contributed by atoms with Crippen molar-refractivity contribution in [3.63, 3.8) is 0 Å². The molecule has 1 fully saturated rings. The number of nitrogens with zero attached hydrogens (tertiary/aromatic N) is 1. The topological polar surface area (TPSA) is 79.3 Å². The molecule has 104 valence electrons. The predicted molar refractivity (Wildman–Crippen MR) is 76.8 cm³/mol. The molecule has 1 amide bonds. The van der Waals surface area contributed by atoms with Crippen molar-refractivity contribution >= 4 is 39.1 Å². The van der Waals surface area contributed by atoms with Gasteiger partial charge in [-0.25, -0.2) is 4.98 Å². The molecule has 1 aliphatic carbocycles. The first-order chi connectivity index (χ1) is 9.54. The highest BCUT2D eigenvalue weighted by atomic mass is 32.1. The van der Waals surface area contributed by atoms with E-state index in [-0.39, 0.29) is 5.91 Å². The fraction of sp³-hybridized carbons (Fsp3) is 0.357. The summed E-state index contributed by atoms with van der Waals surface area (Å²) >= 11 is 1.57. The van der Waals surface area contributed by atoms with Crippen molar-refractivity contribution < 1.29 is 14.7 Å². The van der Waals surface area contributed by atoms with E-state index in [4.69, 9.17) is 5.11 Å². The minimum atomic E-state index is -0.884. The van der Waals surface area contributed by atoms with E-state index in [1.54, 1.807) is 17.4 Å². The number of thiazole rings is 1. The first-order valence-electron chi connectivity index (χ1n) is 6.45. The molecule has 0 spiro atoms. The van der Waals surface area contributed by atoms with Gasteiger partial charge in [0.05, 0.1) is 27.1 Å². The molecule has 0 saturated heterocycles. The lowest BCUT2D eigenvalue weighted by Crippen LogP contribution is -2.41. The second-order valence-electron chi connectivity index (χ2n) is 5.03. The number of carboxylic acid groups (broad SMARTS) is 1. The Morgan fingerprint density at radius 2 is 2.10 bits per heavy atom. The van der Waals surface area contributed by atoms with E-state index >= 15 is 0 Å². The van der Waals surface area contributed by atoms with E-state index in [9.17, 15) is 9.59 Å². The third-order valence-electron chi connectivity index (χ3n) is 3.69. The van der Waals surface area contributed by atoms with Crippen molar-refractivity contribution in [2.24, 2.45) is 11.8 Å². The summed E-state index contributed by atoms with van der Waals surface area (Å²) in [4.78, 5) is 27.4. The molecule has 6 heteroatoms. The van der Waals surface area contributed by atoms with E-state index in [0.29, 0.717) is 18.5 Å². The number of hydrogen-bond acceptors (Lipinski definition) is 4. The van der Waals surface area contributed by atoms with Gasteiger partial charge in [-0.15, -0.1) is 11.3 Å². The number of anilines is 1. The van der Waals surface area contributed by atoms with Crippen molar-refractivity contribution in [2.45, 2.75) is 19.8 Å². The quantitative estimate of drug-likeness (QED) is 0.910. The van der Waals surface area contributed by atoms with Crippen LogP contribution in [-0.4, -0.2) is 22.0 Å². The van der Waals surface area contributed by atoms with Crippen LogP contribution >= 0.6 is 11.3 Å². The number of amides is 1. The Bertz CT molecular complexity index is 695. The molecule has 0 radical (unpaired) electrons. The van der Waals surface area contributed by atoms with Crippen LogP contribution in [0.2, 0.25) is 0 Å². The average Bonchev–Trinajstić information content (AvgIpc) is 2.65. The summed E-state index contributed by atoms with van der Waals surface area (Å²) in [6.07, 6.45) is 1.23. The van der Waals surface area contributed by atoms with Crippen LogP contribution in [0.4, 0.5) is 5.69 Å². The molecule has 3 rings (SSSR count). The molecular formula is C14H14N2O3S. The minimum Gasteiger partial charge on any atom is -0.481 e. The van der Waals surface area contributed by atoms with E-state index in [1.807, 2.05) is 19.1 Å². The maximum absolute atomic E-state index is 12.1. The van der Waals surface area contributed by atoms with Crippen molar-refractivity contribution in [1.82, 2.24) is 4.98 Å². The van der Waals surface area contributed by atoms with Gasteiger partial charge in [0.25, 0.3) is 0 Å². The van der Waals surface area contributed by atoms with Crippen LogP contribution in [0.5, 0.6) is 0 Å². The lowest BCUT2D eigenvalue weighted by molar-refractivity contribution is -0.151. The van der Waals surface area contributed by atoms with Crippen molar-refractivity contribution in [3.05, 3.63) is 23.2 Å². The van der Waals surface area contributed by atoms with Gasteiger partial charge in [-0.2, -0.15) is 0 Å². The Kier molecular flexibility index (Phi) is 3.17. The summed E-state index contributed by atoms with van der Waals surface area (Å²) in [7, 11) is 0. The number of fused-ring (bicyclic) bond motifs is 1. The Balaban J connectivity index is 1.75. The fourth-order valence-electron chi connectivity index (χ4n) is 2.46. The molecule has 2 N–H and O–H groups in total. The van der Waals surface area contributed by atoms with Crippen molar-refractivity contribution in [2.75, 3.05) is 5.32 Å². The van der Waals surface area contributed by atoms with Crippen LogP contribution in [-0.2, 0) is 9.59 Å². The summed E-state index contributed by atoms with van der Waals surface area (Å²) in [6.45, 7) is 1.94. The number of hydrogen-bond donors (Lipinski definition) is 2. The molecule has 1 aromatic carbocycles. The lowest BCUT2D eigenvalue weighted by Gasteiger charge is -2.31. The molecule has 2 atom stereocenters. The number of aliphatic carboxylic acids is 1. The summed E-state index contributed by atoms with van der Waals surface area (Å²) in [5, 5.41) is 12.8. The zero-order chi connectivity index (χ0) is 14.3. The van der Waals surface area contributed by atoms with Gasteiger partial charge in [-0.1, -0.05) is 0 Å². The standard InChI is InChI=1S/C14H14N2O3S/c1-7-15-11-5-2-8(6-12(11)20-7)16-13(17)9-3-4-10(9)14(18)19/h2,5-6,9-10H,3-4H2,1H3,(H,16,17)(H,18,19). The molecule has 0 aliphatic heterocycles. The monoisotopic (exact) mass is 290 g/mol. The number of aromatic nitrogens is 1. The van der Waals surface area contributed by atoms with Gasteiger partial charge in [0.15, 0.2) is 0 Å². The van der Waals surface area contributed by atoms with Crippen LogP contribution in [0, 0.1) is 18.8 Å².